The van der Waals surface area contributed by atoms with Gasteiger partial charge in [0.2, 0.25) is 11.6 Å². The fourth-order valence-electron chi connectivity index (χ4n) is 1.53. The minimum atomic E-state index is -6.59. The number of carbonyl (C=O) groups excluding carboxylic acids is 2. The first kappa shape index (κ1) is 41.4. The van der Waals surface area contributed by atoms with Crippen molar-refractivity contribution >= 4 is 11.6 Å². The molecule has 0 aliphatic carbocycles. The second-order valence-corrected chi connectivity index (χ2v) is 9.58. The molecule has 0 aliphatic heterocycles. The van der Waals surface area contributed by atoms with Crippen LogP contribution in [-0.2, 0) is 26.7 Å². The molecule has 0 saturated carbocycles. The van der Waals surface area contributed by atoms with Gasteiger partial charge in [-0.1, -0.05) is 41.5 Å². The summed E-state index contributed by atoms with van der Waals surface area (Å²) in [4.78, 5) is 21.7. The summed E-state index contributed by atoms with van der Waals surface area (Å²) in [5.41, 5.74) is -2.50. The Morgan fingerprint density at radius 3 is 0.795 bits per heavy atom. The van der Waals surface area contributed by atoms with E-state index in [1.807, 2.05) is 0 Å². The van der Waals surface area contributed by atoms with E-state index >= 15 is 0 Å². The van der Waals surface area contributed by atoms with E-state index in [4.69, 9.17) is 10.2 Å². The van der Waals surface area contributed by atoms with E-state index in [0.717, 1.165) is 0 Å². The molecule has 0 fully saturated rings. The summed E-state index contributed by atoms with van der Waals surface area (Å²) in [6.07, 6.45) is -13.8. The van der Waals surface area contributed by atoms with E-state index in [2.05, 4.69) is 0 Å². The van der Waals surface area contributed by atoms with Crippen LogP contribution < -0.4 is 0 Å². The van der Waals surface area contributed by atoms with Crippen LogP contribution in [0.4, 0.5) is 61.5 Å². The van der Waals surface area contributed by atoms with E-state index in [0.29, 0.717) is 0 Å². The van der Waals surface area contributed by atoms with Crippen molar-refractivity contribution in [2.75, 3.05) is 0 Å². The Hall–Kier alpha value is -2.04. The van der Waals surface area contributed by atoms with Crippen molar-refractivity contribution in [1.29, 1.82) is 0 Å². The number of allylic oxidation sites excluding steroid dienone is 4. The zero-order chi connectivity index (χ0) is 31.7. The second kappa shape index (κ2) is 12.2. The molecule has 19 heteroatoms. The minimum absolute atomic E-state index is 0. The fraction of sp³-hybridized carbons (Fsp3) is 0.700. The first-order chi connectivity index (χ1) is 16.1. The second-order valence-electron chi connectivity index (χ2n) is 9.58. The molecule has 0 aromatic heterocycles. The summed E-state index contributed by atoms with van der Waals surface area (Å²) >= 11 is 0. The van der Waals surface area contributed by atoms with Gasteiger partial charge in [0.05, 0.1) is 0 Å². The molecule has 0 amide bonds. The Balaban J connectivity index is -0.000000648. The molecule has 1 radical (unpaired) electrons. The summed E-state index contributed by atoms with van der Waals surface area (Å²) in [6.45, 7) is 7.45. The van der Waals surface area contributed by atoms with Crippen LogP contribution in [0.25, 0.3) is 0 Å². The molecule has 0 spiro atoms. The van der Waals surface area contributed by atoms with Crippen LogP contribution in [0.1, 0.15) is 41.5 Å². The molecule has 0 aromatic rings. The van der Waals surface area contributed by atoms with Crippen molar-refractivity contribution in [3.05, 3.63) is 23.7 Å². The van der Waals surface area contributed by atoms with E-state index in [9.17, 15) is 71.1 Å². The maximum atomic E-state index is 12.9. The standard InChI is InChI=1S/2C10H11F7O2.Cu/c2*1-7(2,3)5(18)4-6(19)8(11,12)9(13,14)10(15,16)17;/h2*4,18H,1-3H3;. The first-order valence-electron chi connectivity index (χ1n) is 9.66. The number of hydrogen-bond acceptors (Lipinski definition) is 4. The monoisotopic (exact) mass is 655 g/mol. The quantitative estimate of drug-likeness (QED) is 0.133. The Bertz CT molecular complexity index is 858. The first-order valence-corrected chi connectivity index (χ1v) is 9.66. The molecule has 39 heavy (non-hydrogen) atoms. The zero-order valence-electron chi connectivity index (χ0n) is 20.5. The van der Waals surface area contributed by atoms with Gasteiger partial charge in [-0.25, -0.2) is 0 Å². The average molecular weight is 656 g/mol. The Morgan fingerprint density at radius 2 is 0.667 bits per heavy atom. The van der Waals surface area contributed by atoms with Gasteiger partial charge in [0, 0.05) is 40.1 Å². The normalized spacial score (nSPS) is 15.2. The topological polar surface area (TPSA) is 74.6 Å². The SMILES string of the molecule is CC(C)(C)C(O)=CC(=O)C(F)(F)C(F)(F)C(F)(F)F.CC(C)(C)C(O)=CC(=O)C(F)(F)C(F)(F)C(F)(F)F.[Cu]. The van der Waals surface area contributed by atoms with Crippen LogP contribution in [0.2, 0.25) is 0 Å². The summed E-state index contributed by atoms with van der Waals surface area (Å²) in [5.74, 6) is -32.7. The van der Waals surface area contributed by atoms with Gasteiger partial charge in [-0.2, -0.15) is 61.5 Å². The van der Waals surface area contributed by atoms with Gasteiger partial charge in [-0.15, -0.1) is 0 Å². The maximum absolute atomic E-state index is 12.9. The molecule has 4 nitrogen and oxygen atoms in total. The molecule has 235 valence electrons. The minimum Gasteiger partial charge on any atom is -0.512 e. The van der Waals surface area contributed by atoms with Crippen molar-refractivity contribution in [2.24, 2.45) is 10.8 Å². The van der Waals surface area contributed by atoms with Gasteiger partial charge in [-0.05, 0) is 0 Å². The summed E-state index contributed by atoms with van der Waals surface area (Å²) in [6, 6.07) is 0. The number of rotatable bonds is 6. The van der Waals surface area contributed by atoms with E-state index < -0.39 is 70.0 Å². The summed E-state index contributed by atoms with van der Waals surface area (Å²) < 4.78 is 172. The third kappa shape index (κ3) is 9.53. The molecule has 0 heterocycles. The van der Waals surface area contributed by atoms with Gasteiger partial charge < -0.3 is 10.2 Å². The van der Waals surface area contributed by atoms with Crippen molar-refractivity contribution < 1.29 is 98.3 Å². The third-order valence-corrected chi connectivity index (χ3v) is 4.19. The Labute approximate surface area is 222 Å². The molecule has 0 bridgehead atoms. The van der Waals surface area contributed by atoms with Crippen molar-refractivity contribution in [2.45, 2.75) is 77.6 Å². The van der Waals surface area contributed by atoms with Gasteiger partial charge >= 0.3 is 36.0 Å². The van der Waals surface area contributed by atoms with Crippen LogP contribution in [0.5, 0.6) is 0 Å². The Kier molecular flexibility index (Phi) is 13.0. The molecular weight excluding hydrogens is 634 g/mol. The van der Waals surface area contributed by atoms with E-state index in [-0.39, 0.29) is 29.2 Å². The molecular formula is C20H22CuF14O4. The van der Waals surface area contributed by atoms with Crippen molar-refractivity contribution in [3.63, 3.8) is 0 Å². The summed E-state index contributed by atoms with van der Waals surface area (Å²) in [7, 11) is 0. The number of carbonyl (C=O) groups is 2. The van der Waals surface area contributed by atoms with Crippen LogP contribution in [0.15, 0.2) is 23.7 Å². The maximum Gasteiger partial charge on any atom is 0.460 e. The van der Waals surface area contributed by atoms with Crippen molar-refractivity contribution in [1.82, 2.24) is 0 Å². The van der Waals surface area contributed by atoms with Crippen LogP contribution in [0.3, 0.4) is 0 Å². The zero-order valence-corrected chi connectivity index (χ0v) is 21.4. The number of hydrogen-bond donors (Lipinski definition) is 2. The van der Waals surface area contributed by atoms with Gasteiger partial charge in [-0.3, -0.25) is 9.59 Å². The number of aliphatic hydroxyl groups excluding tert-OH is 2. The molecule has 0 unspecified atom stereocenters. The Morgan fingerprint density at radius 1 is 0.487 bits per heavy atom. The summed E-state index contributed by atoms with van der Waals surface area (Å²) in [5, 5.41) is 18.3. The molecule has 0 saturated heterocycles. The molecule has 0 rings (SSSR count). The largest absolute Gasteiger partial charge is 0.512 e. The van der Waals surface area contributed by atoms with E-state index in [1.165, 1.54) is 41.5 Å². The number of aliphatic hydroxyl groups is 2. The molecule has 0 atom stereocenters. The van der Waals surface area contributed by atoms with Crippen molar-refractivity contribution in [3.8, 4) is 0 Å². The van der Waals surface area contributed by atoms with Crippen LogP contribution >= 0.6 is 0 Å². The van der Waals surface area contributed by atoms with Gasteiger partial charge in [0.25, 0.3) is 0 Å². The smallest absolute Gasteiger partial charge is 0.460 e. The average Bonchev–Trinajstić information content (AvgIpc) is 2.64. The number of ketones is 2. The van der Waals surface area contributed by atoms with E-state index in [1.54, 1.807) is 0 Å². The number of alkyl halides is 14. The predicted molar refractivity (Wildman–Crippen MR) is 102 cm³/mol. The van der Waals surface area contributed by atoms with Crippen LogP contribution in [0, 0.1) is 10.8 Å². The van der Waals surface area contributed by atoms with Gasteiger partial charge in [0.15, 0.2) is 0 Å². The fourth-order valence-corrected chi connectivity index (χ4v) is 1.53. The van der Waals surface area contributed by atoms with Gasteiger partial charge in [0.1, 0.15) is 11.5 Å². The molecule has 0 aromatic carbocycles. The molecule has 2 N–H and O–H groups in total. The number of halogens is 14. The molecule has 0 aliphatic rings. The predicted octanol–water partition coefficient (Wildman–Crippen LogP) is 7.75. The van der Waals surface area contributed by atoms with Crippen LogP contribution in [-0.4, -0.2) is 57.8 Å². The third-order valence-electron chi connectivity index (χ3n) is 4.19.